The van der Waals surface area contributed by atoms with Gasteiger partial charge in [0.05, 0.1) is 45.3 Å². The first-order valence-electron chi connectivity index (χ1n) is 27.6. The first-order valence-corrected chi connectivity index (χ1v) is 27.6. The molecule has 0 saturated heterocycles. The maximum absolute atomic E-state index is 14.1. The van der Waals surface area contributed by atoms with E-state index in [1.54, 1.807) is 0 Å². The normalized spacial score (nSPS) is 11.4. The number of unbranched alkanes of at least 4 members (excludes halogenated alkanes) is 19. The molecular weight excluding hydrogens is 835 g/mol. The Kier molecular flexibility index (Phi) is 27.7. The first kappa shape index (κ1) is 55.5. The second-order valence-corrected chi connectivity index (χ2v) is 18.8. The summed E-state index contributed by atoms with van der Waals surface area (Å²) in [6.07, 6.45) is 28.6. The van der Waals surface area contributed by atoms with E-state index in [0.29, 0.717) is 63.2 Å². The van der Waals surface area contributed by atoms with Crippen LogP contribution in [0, 0.1) is 0 Å². The van der Waals surface area contributed by atoms with Crippen LogP contribution in [0.2, 0.25) is 0 Å². The third-order valence-corrected chi connectivity index (χ3v) is 12.8. The van der Waals surface area contributed by atoms with Gasteiger partial charge in [0.2, 0.25) is 5.91 Å². The van der Waals surface area contributed by atoms with Crippen molar-refractivity contribution in [1.82, 2.24) is 0 Å². The molecule has 1 amide bonds. The van der Waals surface area contributed by atoms with Gasteiger partial charge in [-0.2, -0.15) is 0 Å². The molecule has 4 aromatic rings. The lowest BCUT2D eigenvalue weighted by Crippen LogP contribution is -2.14. The third-order valence-electron chi connectivity index (χ3n) is 12.8. The minimum Gasteiger partial charge on any atom is -0.490 e. The number of rotatable bonds is 40. The van der Waals surface area contributed by atoms with Gasteiger partial charge in [0.1, 0.15) is 0 Å². The first-order chi connectivity index (χ1) is 33.0. The Morgan fingerprint density at radius 1 is 0.343 bits per heavy atom. The zero-order valence-corrected chi connectivity index (χ0v) is 43.6. The fraction of sp³-hybridized carbons (Fsp3) is 0.678. The lowest BCUT2D eigenvalue weighted by atomic mass is 9.91. The molecule has 0 spiro atoms. The largest absolute Gasteiger partial charge is 0.490 e. The number of fused-ring (bicyclic) bond motifs is 6. The highest BCUT2D eigenvalue weighted by Crippen LogP contribution is 2.51. The molecule has 0 aliphatic heterocycles. The lowest BCUT2D eigenvalue weighted by Gasteiger charge is -2.23. The number of anilines is 1. The fourth-order valence-corrected chi connectivity index (χ4v) is 8.75. The zero-order valence-electron chi connectivity index (χ0n) is 43.6. The van der Waals surface area contributed by atoms with E-state index >= 15 is 0 Å². The van der Waals surface area contributed by atoms with E-state index in [2.05, 4.69) is 84.1 Å². The van der Waals surface area contributed by atoms with Gasteiger partial charge >= 0.3 is 0 Å². The second-order valence-electron chi connectivity index (χ2n) is 18.8. The van der Waals surface area contributed by atoms with Gasteiger partial charge in [-0.15, -0.1) is 0 Å². The number of carbonyl (C=O) groups is 1. The van der Waals surface area contributed by atoms with E-state index in [4.69, 9.17) is 28.4 Å². The summed E-state index contributed by atoms with van der Waals surface area (Å²) in [6.45, 7) is 19.1. The van der Waals surface area contributed by atoms with Crippen LogP contribution < -0.4 is 33.7 Å². The van der Waals surface area contributed by atoms with Crippen molar-refractivity contribution in [2.45, 2.75) is 222 Å². The van der Waals surface area contributed by atoms with Crippen molar-refractivity contribution in [2.24, 2.45) is 0 Å². The van der Waals surface area contributed by atoms with Gasteiger partial charge < -0.3 is 33.7 Å². The number of hydrogen-bond donors (Lipinski definition) is 1. The maximum Gasteiger partial charge on any atom is 0.224 e. The Balaban J connectivity index is 2.13. The predicted octanol–water partition coefficient (Wildman–Crippen LogP) is 18.0. The van der Waals surface area contributed by atoms with Gasteiger partial charge in [0.25, 0.3) is 0 Å². The average Bonchev–Trinajstić information content (AvgIpc) is 3.33. The molecule has 1 N–H and O–H groups in total. The van der Waals surface area contributed by atoms with Gasteiger partial charge in [0, 0.05) is 11.8 Å². The SMILES string of the molecule is CCCCCCOc1cc2c3cc(OCCCCCC)c(OCCCCCC)cc3c3c(NC(=O)CCCC)c(OCCCCCC)c(OCCCCCC)cc3c2cc1OCCCCCC. The van der Waals surface area contributed by atoms with Crippen LogP contribution in [0.15, 0.2) is 30.3 Å². The van der Waals surface area contributed by atoms with E-state index in [0.717, 1.165) is 177 Å². The third kappa shape index (κ3) is 18.4. The molecular formula is C59H93NO7. The number of benzene rings is 4. The van der Waals surface area contributed by atoms with E-state index < -0.39 is 0 Å². The van der Waals surface area contributed by atoms with E-state index in [1.807, 2.05) is 0 Å². The highest BCUT2D eigenvalue weighted by molar-refractivity contribution is 6.31. The topological polar surface area (TPSA) is 84.5 Å². The molecule has 8 nitrogen and oxygen atoms in total. The fourth-order valence-electron chi connectivity index (χ4n) is 8.75. The molecule has 0 saturated carbocycles. The number of nitrogens with one attached hydrogen (secondary N) is 1. The monoisotopic (exact) mass is 928 g/mol. The Bertz CT molecular complexity index is 1930. The molecule has 0 aromatic heterocycles. The molecule has 0 aliphatic rings. The van der Waals surface area contributed by atoms with Crippen LogP contribution in [-0.4, -0.2) is 45.5 Å². The van der Waals surface area contributed by atoms with Gasteiger partial charge in [-0.05, 0) is 102 Å². The highest BCUT2D eigenvalue weighted by atomic mass is 16.5. The Hall–Kier alpha value is -4.07. The molecule has 8 heteroatoms. The van der Waals surface area contributed by atoms with Gasteiger partial charge in [0.15, 0.2) is 34.5 Å². The second kappa shape index (κ2) is 33.4. The Morgan fingerprint density at radius 3 is 0.970 bits per heavy atom. The van der Waals surface area contributed by atoms with Crippen LogP contribution in [0.5, 0.6) is 34.5 Å². The zero-order chi connectivity index (χ0) is 47.9. The molecule has 67 heavy (non-hydrogen) atoms. The van der Waals surface area contributed by atoms with E-state index in [-0.39, 0.29) is 5.91 Å². The van der Waals surface area contributed by atoms with Crippen molar-refractivity contribution in [1.29, 1.82) is 0 Å². The smallest absolute Gasteiger partial charge is 0.224 e. The van der Waals surface area contributed by atoms with Crippen molar-refractivity contribution >= 4 is 43.9 Å². The predicted molar refractivity (Wildman–Crippen MR) is 285 cm³/mol. The molecule has 4 aromatic carbocycles. The summed E-state index contributed by atoms with van der Waals surface area (Å²) in [5, 5.41) is 9.31. The number of hydrogen-bond acceptors (Lipinski definition) is 7. The van der Waals surface area contributed by atoms with Crippen LogP contribution in [0.1, 0.15) is 222 Å². The molecule has 0 unspecified atom stereocenters. The summed E-state index contributed by atoms with van der Waals surface area (Å²) in [7, 11) is 0. The quantitative estimate of drug-likeness (QED) is 0.0351. The molecule has 0 bridgehead atoms. The maximum atomic E-state index is 14.1. The molecule has 0 fully saturated rings. The molecule has 0 heterocycles. The number of ether oxygens (including phenoxy) is 6. The molecule has 376 valence electrons. The van der Waals surface area contributed by atoms with Gasteiger partial charge in [-0.25, -0.2) is 0 Å². The number of amides is 1. The minimum atomic E-state index is -0.0327. The van der Waals surface area contributed by atoms with Crippen LogP contribution in [0.4, 0.5) is 5.69 Å². The summed E-state index contributed by atoms with van der Waals surface area (Å²) in [5.41, 5.74) is 0.657. The average molecular weight is 928 g/mol. The lowest BCUT2D eigenvalue weighted by molar-refractivity contribution is -0.116. The summed E-state index contributed by atoms with van der Waals surface area (Å²) < 4.78 is 40.5. The van der Waals surface area contributed by atoms with Crippen LogP contribution >= 0.6 is 0 Å². The van der Waals surface area contributed by atoms with Crippen LogP contribution in [0.3, 0.4) is 0 Å². The highest BCUT2D eigenvalue weighted by Gasteiger charge is 2.25. The van der Waals surface area contributed by atoms with Crippen molar-refractivity contribution in [2.75, 3.05) is 45.0 Å². The summed E-state index contributed by atoms with van der Waals surface area (Å²) in [4.78, 5) is 14.1. The number of carbonyl (C=O) groups excluding carboxylic acids is 1. The van der Waals surface area contributed by atoms with Gasteiger partial charge in [-0.1, -0.05) is 170 Å². The van der Waals surface area contributed by atoms with Crippen LogP contribution in [0.25, 0.3) is 32.3 Å². The van der Waals surface area contributed by atoms with Crippen molar-refractivity contribution in [3.05, 3.63) is 30.3 Å². The Labute approximate surface area is 407 Å². The van der Waals surface area contributed by atoms with Crippen molar-refractivity contribution in [3.8, 4) is 34.5 Å². The van der Waals surface area contributed by atoms with E-state index in [1.165, 1.54) is 44.9 Å². The molecule has 0 atom stereocenters. The van der Waals surface area contributed by atoms with Gasteiger partial charge in [-0.3, -0.25) is 4.79 Å². The van der Waals surface area contributed by atoms with E-state index in [9.17, 15) is 4.79 Å². The van der Waals surface area contributed by atoms with Crippen molar-refractivity contribution in [3.63, 3.8) is 0 Å². The summed E-state index contributed by atoms with van der Waals surface area (Å²) >= 11 is 0. The Morgan fingerprint density at radius 2 is 0.627 bits per heavy atom. The summed E-state index contributed by atoms with van der Waals surface area (Å²) in [6, 6.07) is 10.9. The standard InChI is InChI=1S/C59H93NO7/c1-8-15-22-28-35-62-51-41-46-47-42-53(64-37-30-24-17-10-3)54(65-38-31-25-18-11-4)44-49(47)57-50(48(46)43-52(51)63-36-29-23-16-9-2)45-55(66-39-32-26-19-12-5)59(67-40-33-27-20-13-6)58(57)60-56(61)34-21-14-7/h41-45H,8-40H2,1-7H3,(H,60,61). The molecule has 0 radical (unpaired) electrons. The van der Waals surface area contributed by atoms with Crippen LogP contribution in [-0.2, 0) is 4.79 Å². The molecule has 0 aliphatic carbocycles. The molecule has 4 rings (SSSR count). The summed E-state index contributed by atoms with van der Waals surface area (Å²) in [5.74, 6) is 4.19. The minimum absolute atomic E-state index is 0.0327. The van der Waals surface area contributed by atoms with Crippen molar-refractivity contribution < 1.29 is 33.2 Å².